The summed E-state index contributed by atoms with van der Waals surface area (Å²) < 4.78 is 0. The first-order valence-corrected chi connectivity index (χ1v) is 29.9. The number of carboxylic acids is 1. The number of nitrogens with zero attached hydrogens (tertiary/aromatic N) is 1. The normalized spacial score (nSPS) is 14.6. The fourth-order valence-corrected chi connectivity index (χ4v) is 8.57. The fraction of sp³-hybridized carbons (Fsp3) is 0.571. The number of primary amides is 5. The molecule has 0 aliphatic heterocycles. The van der Waals surface area contributed by atoms with E-state index in [4.69, 9.17) is 45.9 Å². The average Bonchev–Trinajstić information content (AvgIpc) is 0.878. The van der Waals surface area contributed by atoms with Crippen LogP contribution in [0.5, 0.6) is 0 Å². The molecule has 1 aromatic rings. The van der Waals surface area contributed by atoms with Crippen LogP contribution in [0, 0.1) is 5.92 Å². The first-order valence-electron chi connectivity index (χ1n) is 29.9. The lowest BCUT2D eigenvalue weighted by atomic mass is 10.0. The van der Waals surface area contributed by atoms with Gasteiger partial charge < -0.3 is 120 Å². The first kappa shape index (κ1) is 83.4. The van der Waals surface area contributed by atoms with Crippen molar-refractivity contribution in [3.8, 4) is 0 Å². The molecule has 0 unspecified atom stereocenters. The SMILES string of the molecule is CC(C)C[C@H](NC(=O)[C@H](CCCN=C(N)N)NC(=O)[C@H](CCC(N)=O)NC(=O)[C@@H](N)CC(N)=O)C(=O)N[C@@H](C)C(=O)N[C@@H](CO)C(=O)N[C@@H](Cc1ccccc1)C(=O)N[C@@H](CC(N)=O)C(=O)N[C@@H](C)C(=O)N[C@@H](CCC(N)=O)C(=O)N[C@@H](CCC(N)=O)C(=O)N[C@@H](CO)C(=O)O. The summed E-state index contributed by atoms with van der Waals surface area (Å²) in [4.78, 5) is 225. The van der Waals surface area contributed by atoms with Crippen molar-refractivity contribution in [2.24, 2.45) is 56.8 Å². The van der Waals surface area contributed by atoms with Gasteiger partial charge in [0.15, 0.2) is 5.96 Å². The molecule has 534 valence electrons. The number of benzene rings is 1. The van der Waals surface area contributed by atoms with Crippen molar-refractivity contribution in [3.63, 3.8) is 0 Å². The zero-order chi connectivity index (χ0) is 73.1. The molecule has 12 atom stereocenters. The van der Waals surface area contributed by atoms with E-state index in [0.29, 0.717) is 5.56 Å². The number of hydrogen-bond acceptors (Lipinski definition) is 21. The van der Waals surface area contributed by atoms with Crippen molar-refractivity contribution < 1.29 is 96.8 Å². The number of carboxylic acid groups (broad SMARTS) is 1. The molecule has 0 saturated carbocycles. The molecule has 1 aromatic carbocycles. The molecular formula is C56H90N20O20. The van der Waals surface area contributed by atoms with Gasteiger partial charge in [0, 0.05) is 32.2 Å². The number of hydrogen-bond donors (Lipinski definition) is 22. The molecule has 40 nitrogen and oxygen atoms in total. The van der Waals surface area contributed by atoms with Crippen LogP contribution in [0.1, 0.15) is 104 Å². The average molecular weight is 1360 g/mol. The van der Waals surface area contributed by atoms with Crippen molar-refractivity contribution >= 4 is 106 Å². The number of aliphatic hydroxyl groups excluding tert-OH is 2. The predicted octanol–water partition coefficient (Wildman–Crippen LogP) is -11.4. The fourth-order valence-electron chi connectivity index (χ4n) is 8.57. The molecule has 96 heavy (non-hydrogen) atoms. The van der Waals surface area contributed by atoms with E-state index in [-0.39, 0.29) is 44.1 Å². The third-order valence-electron chi connectivity index (χ3n) is 13.7. The molecule has 30 N–H and O–H groups in total. The van der Waals surface area contributed by atoms with Gasteiger partial charge >= 0.3 is 5.97 Å². The number of guanidine groups is 1. The van der Waals surface area contributed by atoms with Crippen LogP contribution in [0.15, 0.2) is 35.3 Å². The maximum atomic E-state index is 14.2. The highest BCUT2D eigenvalue weighted by atomic mass is 16.4. The van der Waals surface area contributed by atoms with E-state index in [1.54, 1.807) is 32.0 Å². The van der Waals surface area contributed by atoms with Gasteiger partial charge in [-0.3, -0.25) is 81.7 Å². The number of nitrogens with two attached hydrogens (primary N) is 8. The summed E-state index contributed by atoms with van der Waals surface area (Å²) in [6.07, 6.45) is -5.09. The number of amides is 16. The van der Waals surface area contributed by atoms with Gasteiger partial charge in [-0.15, -0.1) is 0 Å². The van der Waals surface area contributed by atoms with E-state index in [2.05, 4.69) is 58.2 Å². The summed E-state index contributed by atoms with van der Waals surface area (Å²) in [6, 6.07) is -12.1. The van der Waals surface area contributed by atoms with E-state index in [9.17, 15) is 96.8 Å². The van der Waals surface area contributed by atoms with Gasteiger partial charge in [0.1, 0.15) is 66.5 Å². The molecule has 40 heteroatoms. The van der Waals surface area contributed by atoms with Crippen LogP contribution >= 0.6 is 0 Å². The van der Waals surface area contributed by atoms with Gasteiger partial charge in [0.2, 0.25) is 94.5 Å². The van der Waals surface area contributed by atoms with E-state index >= 15 is 0 Å². The number of aliphatic imine (C=N–C) groups is 1. The van der Waals surface area contributed by atoms with Crippen molar-refractivity contribution in [2.75, 3.05) is 19.8 Å². The van der Waals surface area contributed by atoms with Gasteiger partial charge in [-0.2, -0.15) is 0 Å². The summed E-state index contributed by atoms with van der Waals surface area (Å²) >= 11 is 0. The molecule has 0 aliphatic carbocycles. The second kappa shape index (κ2) is 42.6. The minimum atomic E-state index is -1.91. The molecule has 0 spiro atoms. The molecule has 0 saturated heterocycles. The van der Waals surface area contributed by atoms with Crippen molar-refractivity contribution in [3.05, 3.63) is 35.9 Å². The Morgan fingerprint density at radius 2 is 0.740 bits per heavy atom. The lowest BCUT2D eigenvalue weighted by Crippen LogP contribution is -2.61. The Morgan fingerprint density at radius 1 is 0.396 bits per heavy atom. The van der Waals surface area contributed by atoms with E-state index in [0.717, 1.165) is 6.92 Å². The van der Waals surface area contributed by atoms with Gasteiger partial charge in [0.05, 0.1) is 32.1 Å². The zero-order valence-electron chi connectivity index (χ0n) is 53.3. The minimum absolute atomic E-state index is 0.0472. The number of carbonyl (C=O) groups excluding carboxylic acids is 16. The molecule has 16 amide bonds. The van der Waals surface area contributed by atoms with Crippen LogP contribution in [0.2, 0.25) is 0 Å². The van der Waals surface area contributed by atoms with E-state index < -0.39 is 238 Å². The first-order chi connectivity index (χ1) is 44.9. The third kappa shape index (κ3) is 32.8. The molecular weight excluding hydrogens is 1270 g/mol. The highest BCUT2D eigenvalue weighted by Gasteiger charge is 2.37. The number of carbonyl (C=O) groups is 17. The van der Waals surface area contributed by atoms with Crippen LogP contribution in [0.25, 0.3) is 0 Å². The Kier molecular flexibility index (Phi) is 37.0. The topological polar surface area (TPSA) is 704 Å². The highest BCUT2D eigenvalue weighted by molar-refractivity contribution is 6.00. The lowest BCUT2D eigenvalue weighted by molar-refractivity contribution is -0.143. The maximum absolute atomic E-state index is 14.2. The third-order valence-corrected chi connectivity index (χ3v) is 13.7. The van der Waals surface area contributed by atoms with Crippen molar-refractivity contribution in [1.82, 2.24) is 58.5 Å². The quantitative estimate of drug-likeness (QED) is 0.0164. The van der Waals surface area contributed by atoms with Gasteiger partial charge in [-0.25, -0.2) is 4.79 Å². The highest BCUT2D eigenvalue weighted by Crippen LogP contribution is 2.12. The Labute approximate surface area is 549 Å². The Morgan fingerprint density at radius 3 is 1.15 bits per heavy atom. The summed E-state index contributed by atoms with van der Waals surface area (Å²) in [5, 5.41) is 54.4. The molecule has 0 aromatic heterocycles. The standard InChI is InChI=1S/C56H90N20O20/c1-25(2)19-34(72-47(87)30(11-8-18-65-56(63)64)70-49(89)32(13-16-40(59)80)69-46(86)29(57)21-42(61)82)51(91)66-27(4)45(85)75-37(23-77)54(94)73-35(20-28-9-6-5-7-10-28)53(93)74-36(22-43(62)83)52(92)67-26(3)44(84)68-31(12-15-39(58)79)48(88)71-33(14-17-41(60)81)50(90)76-38(24-78)55(95)96/h5-7,9-10,25-27,29-38,77-78H,8,11-24,57H2,1-4H3,(H2,58,79)(H2,59,80)(H2,60,81)(H2,61,82)(H2,62,83)(H,66,91)(H,67,92)(H,68,84)(H,69,86)(H,70,89)(H,71,88)(H,72,87)(H,73,94)(H,74,93)(H,75,85)(H,76,90)(H,95,96)(H4,63,64,65)/t26-,27-,29-,30-,31-,32-,33-,34-,35-,36-,37-,38-/m0/s1. The van der Waals surface area contributed by atoms with Crippen LogP contribution in [-0.2, 0) is 87.9 Å². The number of aliphatic carboxylic acids is 1. The van der Waals surface area contributed by atoms with Crippen LogP contribution in [0.4, 0.5) is 0 Å². The van der Waals surface area contributed by atoms with Crippen molar-refractivity contribution in [2.45, 2.75) is 177 Å². The molecule has 0 heterocycles. The maximum Gasteiger partial charge on any atom is 0.328 e. The Hall–Kier alpha value is -10.6. The van der Waals surface area contributed by atoms with Crippen molar-refractivity contribution in [1.29, 1.82) is 0 Å². The molecule has 0 bridgehead atoms. The molecule has 1 rings (SSSR count). The summed E-state index contributed by atoms with van der Waals surface area (Å²) in [7, 11) is 0. The molecule has 0 radical (unpaired) electrons. The van der Waals surface area contributed by atoms with Crippen LogP contribution < -0.4 is 104 Å². The Bertz CT molecular complexity index is 2970. The summed E-state index contributed by atoms with van der Waals surface area (Å²) in [5.74, 6) is -19.4. The van der Waals surface area contributed by atoms with Gasteiger partial charge in [-0.1, -0.05) is 44.2 Å². The number of nitrogens with one attached hydrogen (secondary N) is 11. The van der Waals surface area contributed by atoms with E-state index in [1.165, 1.54) is 19.1 Å². The second-order valence-corrected chi connectivity index (χ2v) is 22.4. The molecule has 0 fully saturated rings. The summed E-state index contributed by atoms with van der Waals surface area (Å²) in [5.41, 5.74) is 43.4. The lowest BCUT2D eigenvalue weighted by Gasteiger charge is -2.27. The number of aliphatic hydroxyl groups is 2. The van der Waals surface area contributed by atoms with Crippen LogP contribution in [0.3, 0.4) is 0 Å². The predicted molar refractivity (Wildman–Crippen MR) is 335 cm³/mol. The summed E-state index contributed by atoms with van der Waals surface area (Å²) in [6.45, 7) is 3.36. The van der Waals surface area contributed by atoms with E-state index in [1.807, 2.05) is 5.32 Å². The van der Waals surface area contributed by atoms with Gasteiger partial charge in [0.25, 0.3) is 0 Å². The largest absolute Gasteiger partial charge is 0.480 e. The number of rotatable bonds is 46. The Balaban J connectivity index is 3.47. The second-order valence-electron chi connectivity index (χ2n) is 22.4. The zero-order valence-corrected chi connectivity index (χ0v) is 53.3. The monoisotopic (exact) mass is 1360 g/mol. The smallest absolute Gasteiger partial charge is 0.328 e. The van der Waals surface area contributed by atoms with Crippen LogP contribution in [-0.4, -0.2) is 214 Å². The van der Waals surface area contributed by atoms with Gasteiger partial charge in [-0.05, 0) is 63.9 Å². The molecule has 0 aliphatic rings. The minimum Gasteiger partial charge on any atom is -0.480 e.